The van der Waals surface area contributed by atoms with Gasteiger partial charge in [0.1, 0.15) is 0 Å². The van der Waals surface area contributed by atoms with Gasteiger partial charge in [-0.15, -0.1) is 0 Å². The van der Waals surface area contributed by atoms with Crippen molar-refractivity contribution < 1.29 is 20.1 Å². The minimum atomic E-state index is -1.51. The number of nitrogens with two attached hydrogens (primary N) is 1. The summed E-state index contributed by atoms with van der Waals surface area (Å²) in [6.45, 7) is 5.32. The topological polar surface area (TPSA) is 104 Å². The summed E-state index contributed by atoms with van der Waals surface area (Å²) in [5.74, 6) is -1.55. The number of hydrogen-bond donors (Lipinski definition) is 4. The minimum absolute atomic E-state index is 0.0637. The molecule has 0 fully saturated rings. The summed E-state index contributed by atoms with van der Waals surface area (Å²) in [6, 6.07) is 0. The van der Waals surface area contributed by atoms with Gasteiger partial charge in [-0.3, -0.25) is 4.79 Å². The fourth-order valence-electron chi connectivity index (χ4n) is 3.40. The van der Waals surface area contributed by atoms with Crippen LogP contribution in [0.5, 0.6) is 0 Å². The summed E-state index contributed by atoms with van der Waals surface area (Å²) in [6.07, 6.45) is 19.3. The molecule has 0 bridgehead atoms. The zero-order valence-corrected chi connectivity index (χ0v) is 19.4. The summed E-state index contributed by atoms with van der Waals surface area (Å²) in [4.78, 5) is 10.9. The summed E-state index contributed by atoms with van der Waals surface area (Å²) in [7, 11) is 0. The van der Waals surface area contributed by atoms with Crippen LogP contribution in [0, 0.1) is 5.92 Å². The van der Waals surface area contributed by atoms with E-state index in [1.54, 1.807) is 0 Å². The van der Waals surface area contributed by atoms with Crippen molar-refractivity contribution in [3.05, 3.63) is 0 Å². The first-order valence-corrected chi connectivity index (χ1v) is 12.3. The first-order chi connectivity index (χ1) is 14.0. The molecule has 0 aromatic heterocycles. The van der Waals surface area contributed by atoms with Gasteiger partial charge in [0.2, 0.25) is 0 Å². The first-order valence-electron chi connectivity index (χ1n) is 12.3. The van der Waals surface area contributed by atoms with Crippen molar-refractivity contribution in [3.63, 3.8) is 0 Å². The number of carboxylic acid groups (broad SMARTS) is 1. The predicted molar refractivity (Wildman–Crippen MR) is 123 cm³/mol. The standard InChI is InChI=1S/C14H28O4.C10H23N/c1-2-3-4-5-6-7-8-9-10-12(14(17)18)11-13(15)16;1-2-3-4-5-6-7-8-9-10-11/h12-13,15-16H,2-11H2,1H3,(H,17,18);2-11H2,1H3. The van der Waals surface area contributed by atoms with E-state index in [0.29, 0.717) is 6.42 Å². The number of aliphatic hydroxyl groups excluding tert-OH is 1. The lowest BCUT2D eigenvalue weighted by molar-refractivity contribution is -0.146. The van der Waals surface area contributed by atoms with Gasteiger partial charge in [-0.25, -0.2) is 0 Å². The minimum Gasteiger partial charge on any atom is -0.481 e. The third kappa shape index (κ3) is 27.4. The van der Waals surface area contributed by atoms with Gasteiger partial charge in [-0.05, 0) is 19.4 Å². The van der Waals surface area contributed by atoms with E-state index in [0.717, 1.165) is 25.8 Å². The highest BCUT2D eigenvalue weighted by molar-refractivity contribution is 5.69. The van der Waals surface area contributed by atoms with Crippen LogP contribution in [-0.4, -0.2) is 34.1 Å². The molecular formula is C24H51NO4. The molecule has 0 aliphatic heterocycles. The molecule has 0 saturated heterocycles. The van der Waals surface area contributed by atoms with Crippen LogP contribution in [0.4, 0.5) is 0 Å². The normalized spacial score (nSPS) is 11.9. The van der Waals surface area contributed by atoms with Gasteiger partial charge in [0.15, 0.2) is 6.29 Å². The van der Waals surface area contributed by atoms with Crippen molar-refractivity contribution in [3.8, 4) is 0 Å². The third-order valence-electron chi connectivity index (χ3n) is 5.31. The maximum atomic E-state index is 10.9. The fourth-order valence-corrected chi connectivity index (χ4v) is 3.40. The molecule has 5 nitrogen and oxygen atoms in total. The number of rotatable bonds is 20. The number of carboxylic acids is 1. The monoisotopic (exact) mass is 417 g/mol. The number of aliphatic hydroxyl groups is 2. The molecule has 0 aromatic carbocycles. The molecule has 0 amide bonds. The van der Waals surface area contributed by atoms with E-state index in [-0.39, 0.29) is 6.42 Å². The van der Waals surface area contributed by atoms with Crippen LogP contribution in [0.2, 0.25) is 0 Å². The number of unbranched alkanes of at least 4 members (excludes halogenated alkanes) is 14. The van der Waals surface area contributed by atoms with Gasteiger partial charge in [-0.1, -0.05) is 110 Å². The Kier molecular flexibility index (Phi) is 26.7. The highest BCUT2D eigenvalue weighted by atomic mass is 16.5. The van der Waals surface area contributed by atoms with Gasteiger partial charge in [0.05, 0.1) is 5.92 Å². The van der Waals surface area contributed by atoms with Crippen LogP contribution in [0.1, 0.15) is 129 Å². The predicted octanol–water partition coefficient (Wildman–Crippen LogP) is 6.00. The van der Waals surface area contributed by atoms with Gasteiger partial charge in [0, 0.05) is 6.42 Å². The van der Waals surface area contributed by atoms with E-state index in [2.05, 4.69) is 13.8 Å². The van der Waals surface area contributed by atoms with Crippen molar-refractivity contribution in [1.82, 2.24) is 0 Å². The Balaban J connectivity index is 0. The summed E-state index contributed by atoms with van der Waals surface area (Å²) in [5, 5.41) is 26.5. The molecule has 0 aliphatic carbocycles. The summed E-state index contributed by atoms with van der Waals surface area (Å²) in [5.41, 5.74) is 5.39. The smallest absolute Gasteiger partial charge is 0.306 e. The molecule has 0 radical (unpaired) electrons. The highest BCUT2D eigenvalue weighted by Crippen LogP contribution is 2.17. The second-order valence-electron chi connectivity index (χ2n) is 8.28. The average Bonchev–Trinajstić information content (AvgIpc) is 2.68. The molecule has 1 atom stereocenters. The largest absolute Gasteiger partial charge is 0.481 e. The third-order valence-corrected chi connectivity index (χ3v) is 5.31. The zero-order valence-electron chi connectivity index (χ0n) is 19.4. The highest BCUT2D eigenvalue weighted by Gasteiger charge is 2.19. The molecule has 1 unspecified atom stereocenters. The van der Waals surface area contributed by atoms with Crippen LogP contribution < -0.4 is 5.73 Å². The van der Waals surface area contributed by atoms with Crippen molar-refractivity contribution in [2.75, 3.05) is 6.54 Å². The van der Waals surface area contributed by atoms with Crippen molar-refractivity contribution in [2.45, 2.75) is 136 Å². The molecule has 0 spiro atoms. The number of hydrogen-bond acceptors (Lipinski definition) is 4. The average molecular weight is 418 g/mol. The van der Waals surface area contributed by atoms with E-state index >= 15 is 0 Å². The quantitative estimate of drug-likeness (QED) is 0.143. The van der Waals surface area contributed by atoms with Gasteiger partial charge in [0.25, 0.3) is 0 Å². The Morgan fingerprint density at radius 1 is 0.690 bits per heavy atom. The molecule has 0 rings (SSSR count). The van der Waals surface area contributed by atoms with Crippen LogP contribution in [0.3, 0.4) is 0 Å². The second kappa shape index (κ2) is 25.4. The zero-order chi connectivity index (χ0) is 22.2. The molecule has 0 aromatic rings. The molecule has 29 heavy (non-hydrogen) atoms. The Bertz CT molecular complexity index is 316. The Hall–Kier alpha value is -0.650. The maximum Gasteiger partial charge on any atom is 0.306 e. The van der Waals surface area contributed by atoms with E-state index in [4.69, 9.17) is 21.1 Å². The lowest BCUT2D eigenvalue weighted by Crippen LogP contribution is -2.20. The lowest BCUT2D eigenvalue weighted by atomic mass is 9.97. The second-order valence-corrected chi connectivity index (χ2v) is 8.28. The molecule has 176 valence electrons. The molecule has 5 N–H and O–H groups in total. The molecule has 5 heteroatoms. The Labute approximate surface area is 180 Å². The Morgan fingerprint density at radius 3 is 1.41 bits per heavy atom. The van der Waals surface area contributed by atoms with E-state index in [1.165, 1.54) is 83.5 Å². The maximum absolute atomic E-state index is 10.9. The van der Waals surface area contributed by atoms with E-state index in [1.807, 2.05) is 0 Å². The Morgan fingerprint density at radius 2 is 1.07 bits per heavy atom. The van der Waals surface area contributed by atoms with Crippen LogP contribution in [0.15, 0.2) is 0 Å². The molecule has 0 aliphatic rings. The molecule has 0 saturated carbocycles. The van der Waals surface area contributed by atoms with Crippen molar-refractivity contribution >= 4 is 5.97 Å². The van der Waals surface area contributed by atoms with Crippen LogP contribution >= 0.6 is 0 Å². The summed E-state index contributed by atoms with van der Waals surface area (Å²) >= 11 is 0. The van der Waals surface area contributed by atoms with E-state index < -0.39 is 18.2 Å². The van der Waals surface area contributed by atoms with Gasteiger partial charge in [-0.2, -0.15) is 0 Å². The SMILES string of the molecule is CCCCCCCCCCC(CC(O)O)C(=O)O.CCCCCCCCCCN. The van der Waals surface area contributed by atoms with Crippen LogP contribution in [0.25, 0.3) is 0 Å². The van der Waals surface area contributed by atoms with E-state index in [9.17, 15) is 4.79 Å². The lowest BCUT2D eigenvalue weighted by Gasteiger charge is -2.13. The van der Waals surface area contributed by atoms with Gasteiger partial charge < -0.3 is 21.1 Å². The molecular weight excluding hydrogens is 366 g/mol. The van der Waals surface area contributed by atoms with Crippen LogP contribution in [-0.2, 0) is 4.79 Å². The fraction of sp³-hybridized carbons (Fsp3) is 0.958. The summed E-state index contributed by atoms with van der Waals surface area (Å²) < 4.78 is 0. The number of aliphatic carboxylic acids is 1. The molecule has 0 heterocycles. The van der Waals surface area contributed by atoms with Gasteiger partial charge >= 0.3 is 5.97 Å². The van der Waals surface area contributed by atoms with Crippen molar-refractivity contribution in [2.24, 2.45) is 11.7 Å². The van der Waals surface area contributed by atoms with Crippen molar-refractivity contribution in [1.29, 1.82) is 0 Å². The number of carbonyl (C=O) groups is 1. The first kappa shape index (κ1) is 30.5.